The van der Waals surface area contributed by atoms with E-state index in [0.717, 1.165) is 16.6 Å². The molecule has 0 radical (unpaired) electrons. The van der Waals surface area contributed by atoms with Crippen molar-refractivity contribution in [3.05, 3.63) is 48.8 Å². The van der Waals surface area contributed by atoms with Gasteiger partial charge >= 0.3 is 7.48 Å². The molecule has 68 valence electrons. The Morgan fingerprint density at radius 3 is 2.43 bits per heavy atom. The molecule has 2 rings (SSSR count). The maximum atomic E-state index is 9.16. The quantitative estimate of drug-likeness (QED) is 0.695. The van der Waals surface area contributed by atoms with Crippen LogP contribution in [0, 0.1) is 0 Å². The minimum absolute atomic E-state index is 0.0680. The van der Waals surface area contributed by atoms with Crippen molar-refractivity contribution in [1.29, 1.82) is 0 Å². The van der Waals surface area contributed by atoms with E-state index in [1.54, 1.807) is 12.4 Å². The fourth-order valence-corrected chi connectivity index (χ4v) is 1.47. The van der Waals surface area contributed by atoms with E-state index in [4.69, 9.17) is 5.02 Å². The van der Waals surface area contributed by atoms with Gasteiger partial charge in [-0.3, -0.25) is 4.98 Å². The van der Waals surface area contributed by atoms with E-state index in [0.29, 0.717) is 0 Å². The summed E-state index contributed by atoms with van der Waals surface area (Å²) in [6.45, 7) is 0. The maximum Gasteiger partial charge on any atom is 0.305 e. The summed E-state index contributed by atoms with van der Waals surface area (Å²) < 4.78 is 0. The van der Waals surface area contributed by atoms with Crippen LogP contribution in [0.4, 0.5) is 0 Å². The first-order valence-electron chi connectivity index (χ1n) is 4.51. The number of nitrogens with zero attached hydrogens (tertiary/aromatic N) is 1. The fraction of sp³-hybridized carbons (Fsp3) is 0. The molecule has 0 spiro atoms. The van der Waals surface area contributed by atoms with Crippen LogP contribution in [0.3, 0.4) is 0 Å². The molecule has 1 heterocycles. The lowest BCUT2D eigenvalue weighted by molar-refractivity contribution is 0.615. The summed E-state index contributed by atoms with van der Waals surface area (Å²) in [5.74, 6) is 0. The van der Waals surface area contributed by atoms with Crippen molar-refractivity contribution in [2.75, 3.05) is 0 Å². The molecule has 0 saturated heterocycles. The molecule has 3 heteroatoms. The zero-order valence-electron chi connectivity index (χ0n) is 7.72. The molecule has 2 nitrogen and oxygen atoms in total. The molecule has 1 aromatic heterocycles. The fourth-order valence-electron chi connectivity index (χ4n) is 1.47. The second kappa shape index (κ2) is 4.07. The summed E-state index contributed by atoms with van der Waals surface area (Å²) in [4.78, 5) is 3.96. The smallest absolute Gasteiger partial charge is 0.305 e. The monoisotopic (exact) mass is 183 g/mol. The van der Waals surface area contributed by atoms with E-state index in [9.17, 15) is 0 Å². The average molecular weight is 183 g/mol. The standard InChI is InChI=1S/C11H10BNO/c14-12-11-4-2-1-3-10(11)9-5-7-13-8-6-9/h1-8,12,14H. The van der Waals surface area contributed by atoms with E-state index >= 15 is 0 Å². The molecule has 0 aliphatic carbocycles. The summed E-state index contributed by atoms with van der Waals surface area (Å²) in [7, 11) is 0.0680. The Morgan fingerprint density at radius 2 is 1.71 bits per heavy atom. The van der Waals surface area contributed by atoms with Crippen LogP contribution in [0.25, 0.3) is 11.1 Å². The van der Waals surface area contributed by atoms with Crippen molar-refractivity contribution in [3.63, 3.8) is 0 Å². The van der Waals surface area contributed by atoms with Crippen molar-refractivity contribution in [2.45, 2.75) is 0 Å². The van der Waals surface area contributed by atoms with Crippen LogP contribution in [-0.2, 0) is 0 Å². The van der Waals surface area contributed by atoms with E-state index < -0.39 is 0 Å². The first kappa shape index (κ1) is 8.97. The molecule has 0 atom stereocenters. The van der Waals surface area contributed by atoms with Crippen LogP contribution in [0.2, 0.25) is 0 Å². The van der Waals surface area contributed by atoms with Gasteiger partial charge in [0.25, 0.3) is 0 Å². The average Bonchev–Trinajstić information content (AvgIpc) is 2.30. The van der Waals surface area contributed by atoms with Crippen LogP contribution in [0.5, 0.6) is 0 Å². The minimum Gasteiger partial charge on any atom is -0.449 e. The van der Waals surface area contributed by atoms with Crippen LogP contribution >= 0.6 is 0 Å². The van der Waals surface area contributed by atoms with E-state index in [1.807, 2.05) is 36.4 Å². The van der Waals surface area contributed by atoms with E-state index in [2.05, 4.69) is 4.98 Å². The maximum absolute atomic E-state index is 9.16. The molecule has 0 unspecified atom stereocenters. The Balaban J connectivity index is 2.51. The predicted molar refractivity (Wildman–Crippen MR) is 58.7 cm³/mol. The zero-order chi connectivity index (χ0) is 9.80. The third-order valence-electron chi connectivity index (χ3n) is 2.18. The molecule has 0 aliphatic heterocycles. The van der Waals surface area contributed by atoms with Crippen molar-refractivity contribution in [2.24, 2.45) is 0 Å². The Bertz CT molecular complexity index is 417. The molecule has 0 amide bonds. The second-order valence-corrected chi connectivity index (χ2v) is 3.05. The molecule has 1 aromatic carbocycles. The highest BCUT2D eigenvalue weighted by atomic mass is 16.2. The minimum atomic E-state index is 0.0680. The highest BCUT2D eigenvalue weighted by molar-refractivity contribution is 6.48. The van der Waals surface area contributed by atoms with Gasteiger partial charge < -0.3 is 5.02 Å². The third-order valence-corrected chi connectivity index (χ3v) is 2.18. The van der Waals surface area contributed by atoms with Crippen LogP contribution in [-0.4, -0.2) is 17.5 Å². The third kappa shape index (κ3) is 1.68. The van der Waals surface area contributed by atoms with Crippen LogP contribution < -0.4 is 5.46 Å². The molecule has 1 N–H and O–H groups in total. The highest BCUT2D eigenvalue weighted by Gasteiger charge is 2.03. The molecule has 0 fully saturated rings. The van der Waals surface area contributed by atoms with Gasteiger partial charge in [0.2, 0.25) is 0 Å². The lowest BCUT2D eigenvalue weighted by atomic mass is 9.82. The first-order valence-corrected chi connectivity index (χ1v) is 4.51. The van der Waals surface area contributed by atoms with Gasteiger partial charge in [-0.15, -0.1) is 0 Å². The largest absolute Gasteiger partial charge is 0.449 e. The first-order chi connectivity index (χ1) is 6.92. The number of hydrogen-bond donors (Lipinski definition) is 1. The summed E-state index contributed by atoms with van der Waals surface area (Å²) in [5, 5.41) is 9.16. The lowest BCUT2D eigenvalue weighted by Crippen LogP contribution is -2.15. The van der Waals surface area contributed by atoms with Crippen LogP contribution in [0.15, 0.2) is 48.8 Å². The molecule has 14 heavy (non-hydrogen) atoms. The van der Waals surface area contributed by atoms with Gasteiger partial charge in [-0.1, -0.05) is 24.3 Å². The summed E-state index contributed by atoms with van der Waals surface area (Å²) in [6.07, 6.45) is 3.51. The molecular formula is C11H10BNO. The molecule has 0 saturated carbocycles. The number of aromatic nitrogens is 1. The molecule has 0 bridgehead atoms. The van der Waals surface area contributed by atoms with Gasteiger partial charge in [-0.2, -0.15) is 0 Å². The van der Waals surface area contributed by atoms with Gasteiger partial charge in [-0.05, 0) is 28.7 Å². The van der Waals surface area contributed by atoms with Crippen molar-refractivity contribution < 1.29 is 5.02 Å². The van der Waals surface area contributed by atoms with Gasteiger partial charge in [-0.25, -0.2) is 0 Å². The van der Waals surface area contributed by atoms with Crippen LogP contribution in [0.1, 0.15) is 0 Å². The Labute approximate surface area is 83.5 Å². The molecule has 0 aliphatic rings. The van der Waals surface area contributed by atoms with Gasteiger partial charge in [0.1, 0.15) is 0 Å². The topological polar surface area (TPSA) is 33.1 Å². The second-order valence-electron chi connectivity index (χ2n) is 3.05. The van der Waals surface area contributed by atoms with E-state index in [1.165, 1.54) is 0 Å². The highest BCUT2D eigenvalue weighted by Crippen LogP contribution is 2.14. The summed E-state index contributed by atoms with van der Waals surface area (Å²) in [5.41, 5.74) is 3.10. The SMILES string of the molecule is OBc1ccccc1-c1ccncc1. The van der Waals surface area contributed by atoms with Gasteiger partial charge in [0.05, 0.1) is 0 Å². The molecular weight excluding hydrogens is 173 g/mol. The lowest BCUT2D eigenvalue weighted by Gasteiger charge is -2.05. The summed E-state index contributed by atoms with van der Waals surface area (Å²) >= 11 is 0. The van der Waals surface area contributed by atoms with Gasteiger partial charge in [0.15, 0.2) is 0 Å². The Morgan fingerprint density at radius 1 is 1.00 bits per heavy atom. The molecule has 2 aromatic rings. The Kier molecular flexibility index (Phi) is 2.61. The predicted octanol–water partition coefficient (Wildman–Crippen LogP) is 0.718. The van der Waals surface area contributed by atoms with Crippen molar-refractivity contribution in [3.8, 4) is 11.1 Å². The normalized spacial score (nSPS) is 9.79. The Hall–Kier alpha value is -1.61. The number of rotatable bonds is 2. The van der Waals surface area contributed by atoms with Crippen molar-refractivity contribution >= 4 is 12.9 Å². The van der Waals surface area contributed by atoms with E-state index in [-0.39, 0.29) is 7.48 Å². The number of benzene rings is 1. The zero-order valence-corrected chi connectivity index (χ0v) is 7.72. The van der Waals surface area contributed by atoms with Gasteiger partial charge in [0, 0.05) is 12.4 Å². The van der Waals surface area contributed by atoms with Crippen molar-refractivity contribution in [1.82, 2.24) is 4.98 Å². The number of hydrogen-bond acceptors (Lipinski definition) is 2. The summed E-state index contributed by atoms with van der Waals surface area (Å²) in [6, 6.07) is 11.7. The number of pyridine rings is 1.